The molecule has 0 N–H and O–H groups in total. The third-order valence-electron chi connectivity index (χ3n) is 4.11. The summed E-state index contributed by atoms with van der Waals surface area (Å²) in [5.74, 6) is -0.493. The standard InChI is InChI=1S/C16H16ClN5O2/c1-24-16(23)15-10-22(20-19-15)13-3-2-6-21(9-13)12-5-4-11(8-18)14(17)7-12/h4-5,7,10,13H,2-3,6,9H2,1H3/t13-/m0/s1. The number of carbonyl (C=O) groups is 1. The molecule has 0 bridgehead atoms. The molecule has 1 aromatic carbocycles. The van der Waals surface area contributed by atoms with Gasteiger partial charge in [-0.1, -0.05) is 16.8 Å². The Morgan fingerprint density at radius 1 is 1.50 bits per heavy atom. The fourth-order valence-electron chi connectivity index (χ4n) is 2.85. The highest BCUT2D eigenvalue weighted by Gasteiger charge is 2.24. The van der Waals surface area contributed by atoms with Crippen LogP contribution in [0.4, 0.5) is 5.69 Å². The van der Waals surface area contributed by atoms with Crippen LogP contribution in [0.1, 0.15) is 34.9 Å². The minimum atomic E-state index is -0.493. The smallest absolute Gasteiger partial charge is 0.360 e. The van der Waals surface area contributed by atoms with E-state index in [9.17, 15) is 4.79 Å². The zero-order chi connectivity index (χ0) is 17.1. The van der Waals surface area contributed by atoms with Crippen LogP contribution in [0.25, 0.3) is 0 Å². The van der Waals surface area contributed by atoms with Crippen LogP contribution in [0.2, 0.25) is 5.02 Å². The molecule has 0 aliphatic carbocycles. The molecule has 124 valence electrons. The van der Waals surface area contributed by atoms with E-state index in [0.717, 1.165) is 31.6 Å². The molecule has 1 aromatic heterocycles. The van der Waals surface area contributed by atoms with Gasteiger partial charge in [0.25, 0.3) is 0 Å². The molecule has 0 saturated carbocycles. The van der Waals surface area contributed by atoms with Gasteiger partial charge in [-0.15, -0.1) is 5.10 Å². The number of hydrogen-bond donors (Lipinski definition) is 0. The van der Waals surface area contributed by atoms with E-state index in [1.54, 1.807) is 16.9 Å². The van der Waals surface area contributed by atoms with Gasteiger partial charge in [0.15, 0.2) is 5.69 Å². The summed E-state index contributed by atoms with van der Waals surface area (Å²) in [6.07, 6.45) is 3.55. The average Bonchev–Trinajstić information content (AvgIpc) is 3.11. The van der Waals surface area contributed by atoms with Gasteiger partial charge in [0.1, 0.15) is 6.07 Å². The van der Waals surface area contributed by atoms with Crippen molar-refractivity contribution in [2.45, 2.75) is 18.9 Å². The first-order chi connectivity index (χ1) is 11.6. The third kappa shape index (κ3) is 3.19. The normalized spacial score (nSPS) is 17.4. The molecule has 0 spiro atoms. The Balaban J connectivity index is 1.77. The van der Waals surface area contributed by atoms with Crippen LogP contribution in [0.5, 0.6) is 0 Å². The Labute approximate surface area is 144 Å². The van der Waals surface area contributed by atoms with E-state index in [1.165, 1.54) is 7.11 Å². The summed E-state index contributed by atoms with van der Waals surface area (Å²) in [5, 5.41) is 17.3. The summed E-state index contributed by atoms with van der Waals surface area (Å²) in [6.45, 7) is 1.63. The van der Waals surface area contributed by atoms with Gasteiger partial charge in [-0.2, -0.15) is 5.26 Å². The lowest BCUT2D eigenvalue weighted by molar-refractivity contribution is 0.0594. The lowest BCUT2D eigenvalue weighted by Crippen LogP contribution is -2.36. The van der Waals surface area contributed by atoms with E-state index >= 15 is 0 Å². The average molecular weight is 346 g/mol. The molecule has 1 saturated heterocycles. The first kappa shape index (κ1) is 16.3. The summed E-state index contributed by atoms with van der Waals surface area (Å²) in [5.41, 5.74) is 1.64. The molecule has 1 aliphatic heterocycles. The Hall–Kier alpha value is -2.59. The van der Waals surface area contributed by atoms with Crippen LogP contribution in [-0.2, 0) is 4.74 Å². The van der Waals surface area contributed by atoms with Gasteiger partial charge in [0.2, 0.25) is 0 Å². The lowest BCUT2D eigenvalue weighted by atomic mass is 10.0. The van der Waals surface area contributed by atoms with E-state index < -0.39 is 5.97 Å². The van der Waals surface area contributed by atoms with Crippen LogP contribution >= 0.6 is 11.6 Å². The molecule has 24 heavy (non-hydrogen) atoms. The molecule has 1 aliphatic rings. The summed E-state index contributed by atoms with van der Waals surface area (Å²) < 4.78 is 6.37. The number of aromatic nitrogens is 3. The third-order valence-corrected chi connectivity index (χ3v) is 4.43. The molecule has 0 unspecified atom stereocenters. The zero-order valence-electron chi connectivity index (χ0n) is 13.1. The highest BCUT2D eigenvalue weighted by molar-refractivity contribution is 6.32. The molecule has 7 nitrogen and oxygen atoms in total. The Morgan fingerprint density at radius 2 is 2.33 bits per heavy atom. The van der Waals surface area contributed by atoms with Crippen molar-refractivity contribution in [2.24, 2.45) is 0 Å². The van der Waals surface area contributed by atoms with E-state index in [-0.39, 0.29) is 11.7 Å². The number of esters is 1. The van der Waals surface area contributed by atoms with Gasteiger partial charge in [-0.05, 0) is 31.0 Å². The first-order valence-corrected chi connectivity index (χ1v) is 7.95. The predicted octanol–water partition coefficient (Wildman–Crippen LogP) is 2.43. The monoisotopic (exact) mass is 345 g/mol. The van der Waals surface area contributed by atoms with E-state index in [2.05, 4.69) is 26.0 Å². The molecular weight excluding hydrogens is 330 g/mol. The second-order valence-electron chi connectivity index (χ2n) is 5.59. The largest absolute Gasteiger partial charge is 0.464 e. The molecule has 8 heteroatoms. The SMILES string of the molecule is COC(=O)c1cn([C@H]2CCCN(c3ccc(C#N)c(Cl)c3)C2)nn1. The number of carbonyl (C=O) groups excluding carboxylic acids is 1. The number of piperidine rings is 1. The van der Waals surface area contributed by atoms with Crippen molar-refractivity contribution >= 4 is 23.3 Å². The molecule has 1 fully saturated rings. The van der Waals surface area contributed by atoms with Crippen LogP contribution in [0, 0.1) is 11.3 Å². The van der Waals surface area contributed by atoms with Gasteiger partial charge in [-0.25, -0.2) is 9.48 Å². The predicted molar refractivity (Wildman–Crippen MR) is 88.0 cm³/mol. The maximum Gasteiger partial charge on any atom is 0.360 e. The Kier molecular flexibility index (Phi) is 4.67. The lowest BCUT2D eigenvalue weighted by Gasteiger charge is -2.34. The number of methoxy groups -OCH3 is 1. The summed E-state index contributed by atoms with van der Waals surface area (Å²) in [7, 11) is 1.32. The molecule has 1 atom stereocenters. The molecular formula is C16H16ClN5O2. The number of halogens is 1. The molecule has 3 rings (SSSR count). The minimum absolute atomic E-state index is 0.110. The number of rotatable bonds is 3. The highest BCUT2D eigenvalue weighted by atomic mass is 35.5. The van der Waals surface area contributed by atoms with Gasteiger partial charge in [0, 0.05) is 18.8 Å². The maximum absolute atomic E-state index is 11.5. The van der Waals surface area contributed by atoms with Crippen molar-refractivity contribution in [1.29, 1.82) is 5.26 Å². The topological polar surface area (TPSA) is 84.0 Å². The van der Waals surface area contributed by atoms with Crippen molar-refractivity contribution in [1.82, 2.24) is 15.0 Å². The summed E-state index contributed by atoms with van der Waals surface area (Å²) >= 11 is 6.13. The fourth-order valence-corrected chi connectivity index (χ4v) is 3.07. The van der Waals surface area contributed by atoms with Crippen LogP contribution in [0.15, 0.2) is 24.4 Å². The molecule has 0 amide bonds. The van der Waals surface area contributed by atoms with Gasteiger partial charge >= 0.3 is 5.97 Å². The maximum atomic E-state index is 11.5. The van der Waals surface area contributed by atoms with E-state index in [0.29, 0.717) is 10.6 Å². The number of hydrogen-bond acceptors (Lipinski definition) is 6. The quantitative estimate of drug-likeness (QED) is 0.794. The van der Waals surface area contributed by atoms with Gasteiger partial charge < -0.3 is 9.64 Å². The van der Waals surface area contributed by atoms with E-state index in [4.69, 9.17) is 16.9 Å². The minimum Gasteiger partial charge on any atom is -0.464 e. The zero-order valence-corrected chi connectivity index (χ0v) is 13.9. The Morgan fingerprint density at radius 3 is 3.04 bits per heavy atom. The number of anilines is 1. The second kappa shape index (κ2) is 6.89. The van der Waals surface area contributed by atoms with Crippen LogP contribution in [0.3, 0.4) is 0 Å². The Bertz CT molecular complexity index is 798. The van der Waals surface area contributed by atoms with Gasteiger partial charge in [0.05, 0.1) is 29.9 Å². The van der Waals surface area contributed by atoms with Crippen molar-refractivity contribution in [3.8, 4) is 6.07 Å². The van der Waals surface area contributed by atoms with Crippen LogP contribution < -0.4 is 4.90 Å². The second-order valence-corrected chi connectivity index (χ2v) is 6.00. The fraction of sp³-hybridized carbons (Fsp3) is 0.375. The number of ether oxygens (including phenoxy) is 1. The van der Waals surface area contributed by atoms with Crippen LogP contribution in [-0.4, -0.2) is 41.2 Å². The summed E-state index contributed by atoms with van der Waals surface area (Å²) in [6, 6.07) is 7.61. The number of benzene rings is 1. The van der Waals surface area contributed by atoms with Crippen molar-refractivity contribution in [3.05, 3.63) is 40.7 Å². The van der Waals surface area contributed by atoms with Crippen molar-refractivity contribution in [3.63, 3.8) is 0 Å². The molecule has 2 aromatic rings. The van der Waals surface area contributed by atoms with Crippen molar-refractivity contribution in [2.75, 3.05) is 25.1 Å². The van der Waals surface area contributed by atoms with Crippen molar-refractivity contribution < 1.29 is 9.53 Å². The first-order valence-electron chi connectivity index (χ1n) is 7.57. The molecule has 0 radical (unpaired) electrons. The summed E-state index contributed by atoms with van der Waals surface area (Å²) in [4.78, 5) is 13.7. The van der Waals surface area contributed by atoms with Gasteiger partial charge in [-0.3, -0.25) is 0 Å². The highest BCUT2D eigenvalue weighted by Crippen LogP contribution is 2.29. The van der Waals surface area contributed by atoms with E-state index in [1.807, 2.05) is 12.1 Å². The number of nitriles is 1. The number of nitrogens with zero attached hydrogens (tertiary/aromatic N) is 5. The molecule has 2 heterocycles.